The average molecular weight is 137 g/mol. The van der Waals surface area contributed by atoms with E-state index in [2.05, 4.69) is 4.85 Å². The van der Waals surface area contributed by atoms with Gasteiger partial charge < -0.3 is 11.1 Å². The molecule has 0 aromatic heterocycles. The zero-order chi connectivity index (χ0) is 8.15. The van der Waals surface area contributed by atoms with Crippen LogP contribution in [0.3, 0.4) is 0 Å². The maximum Gasteiger partial charge on any atom is 0.254 e. The molecule has 0 atom stereocenters. The van der Waals surface area contributed by atoms with Gasteiger partial charge in [-0.1, -0.05) is 0 Å². The minimum absolute atomic E-state index is 0.171. The topological polar surface area (TPSA) is 71.3 Å². The quantitative estimate of drug-likeness (QED) is 0.321. The highest BCUT2D eigenvalue weighted by molar-refractivity contribution is 5.99. The third-order valence-electron chi connectivity index (χ3n) is 0.935. The predicted octanol–water partition coefficient (Wildman–Crippen LogP) is 0.315. The van der Waals surface area contributed by atoms with E-state index in [0.29, 0.717) is 5.57 Å². The van der Waals surface area contributed by atoms with E-state index in [9.17, 15) is 4.79 Å². The van der Waals surface area contributed by atoms with E-state index in [1.165, 1.54) is 6.92 Å². The molecule has 10 heavy (non-hydrogen) atoms. The lowest BCUT2D eigenvalue weighted by molar-refractivity contribution is -0.114. The van der Waals surface area contributed by atoms with Gasteiger partial charge in [0.2, 0.25) is 5.91 Å². The van der Waals surface area contributed by atoms with E-state index in [0.717, 1.165) is 6.21 Å². The molecule has 1 amide bonds. The van der Waals surface area contributed by atoms with Crippen LogP contribution in [0.25, 0.3) is 4.85 Å². The first-order chi connectivity index (χ1) is 4.63. The Morgan fingerprint density at radius 3 is 2.40 bits per heavy atom. The summed E-state index contributed by atoms with van der Waals surface area (Å²) in [4.78, 5) is 13.2. The van der Waals surface area contributed by atoms with Gasteiger partial charge in [0.25, 0.3) is 5.70 Å². The number of hydrogen-bond acceptors (Lipinski definition) is 2. The number of carbonyl (C=O) groups excluding carboxylic acids is 1. The van der Waals surface area contributed by atoms with Crippen LogP contribution in [0.15, 0.2) is 11.3 Å². The van der Waals surface area contributed by atoms with Crippen molar-refractivity contribution < 1.29 is 4.79 Å². The zero-order valence-electron chi connectivity index (χ0n) is 5.51. The molecule has 0 fully saturated rings. The molecule has 0 saturated carbocycles. The zero-order valence-corrected chi connectivity index (χ0v) is 5.51. The van der Waals surface area contributed by atoms with Crippen LogP contribution in [0.5, 0.6) is 0 Å². The van der Waals surface area contributed by atoms with Crippen LogP contribution < -0.4 is 5.73 Å². The summed E-state index contributed by atoms with van der Waals surface area (Å²) >= 11 is 0. The van der Waals surface area contributed by atoms with Crippen molar-refractivity contribution in [3.63, 3.8) is 0 Å². The Balaban J connectivity index is 4.86. The summed E-state index contributed by atoms with van der Waals surface area (Å²) in [6.07, 6.45) is 0.929. The molecule has 0 bridgehead atoms. The number of carbonyl (C=O) groups is 1. The third kappa shape index (κ3) is 1.71. The lowest BCUT2D eigenvalue weighted by Gasteiger charge is -1.91. The van der Waals surface area contributed by atoms with Crippen molar-refractivity contribution in [3.8, 4) is 0 Å². The number of allylic oxidation sites excluding steroid dienone is 1. The second-order valence-corrected chi connectivity index (χ2v) is 1.65. The lowest BCUT2D eigenvalue weighted by atomic mass is 10.2. The molecule has 52 valence electrons. The van der Waals surface area contributed by atoms with Gasteiger partial charge in [0.15, 0.2) is 0 Å². The van der Waals surface area contributed by atoms with Crippen molar-refractivity contribution in [2.75, 3.05) is 0 Å². The smallest absolute Gasteiger partial charge is 0.254 e. The van der Waals surface area contributed by atoms with Crippen molar-refractivity contribution >= 4 is 12.1 Å². The van der Waals surface area contributed by atoms with Gasteiger partial charge >= 0.3 is 0 Å². The fraction of sp³-hybridized carbons (Fsp3) is 0.167. The molecule has 0 unspecified atom stereocenters. The van der Waals surface area contributed by atoms with Crippen LogP contribution in [0.1, 0.15) is 6.92 Å². The summed E-state index contributed by atoms with van der Waals surface area (Å²) in [5.74, 6) is -0.781. The minimum atomic E-state index is -0.781. The summed E-state index contributed by atoms with van der Waals surface area (Å²) in [6, 6.07) is 0. The van der Waals surface area contributed by atoms with Crippen molar-refractivity contribution in [1.82, 2.24) is 0 Å². The van der Waals surface area contributed by atoms with Crippen molar-refractivity contribution in [3.05, 3.63) is 22.7 Å². The first kappa shape index (κ1) is 8.37. The average Bonchev–Trinajstić information content (AvgIpc) is 1.88. The Labute approximate surface area is 58.7 Å². The molecule has 0 heterocycles. The number of amides is 1. The first-order valence-electron chi connectivity index (χ1n) is 2.52. The fourth-order valence-corrected chi connectivity index (χ4v) is 0.406. The van der Waals surface area contributed by atoms with E-state index in [-0.39, 0.29) is 5.70 Å². The summed E-state index contributed by atoms with van der Waals surface area (Å²) in [6.45, 7) is 7.98. The standard InChI is InChI=1S/C6H7N3O/c1-4(3-7)5(9-2)6(8)10/h3,7H,1H3,(H2,8,10). The molecule has 0 aliphatic carbocycles. The molecule has 0 aromatic carbocycles. The van der Waals surface area contributed by atoms with E-state index in [1.807, 2.05) is 0 Å². The van der Waals surface area contributed by atoms with E-state index in [4.69, 9.17) is 17.7 Å². The van der Waals surface area contributed by atoms with Gasteiger partial charge in [-0.25, -0.2) is 4.85 Å². The second kappa shape index (κ2) is 3.41. The highest BCUT2D eigenvalue weighted by Gasteiger charge is 2.06. The highest BCUT2D eigenvalue weighted by Crippen LogP contribution is 2.01. The Bertz CT molecular complexity index is 234. The summed E-state index contributed by atoms with van der Waals surface area (Å²) in [7, 11) is 0. The number of nitrogens with two attached hydrogens (primary N) is 1. The fourth-order valence-electron chi connectivity index (χ4n) is 0.406. The largest absolute Gasteiger partial charge is 0.375 e. The van der Waals surface area contributed by atoms with Crippen LogP contribution in [-0.2, 0) is 4.79 Å². The lowest BCUT2D eigenvalue weighted by Crippen LogP contribution is -2.13. The molecule has 0 rings (SSSR count). The van der Waals surface area contributed by atoms with E-state index in [1.54, 1.807) is 0 Å². The third-order valence-corrected chi connectivity index (χ3v) is 0.935. The molecule has 0 spiro atoms. The van der Waals surface area contributed by atoms with Crippen LogP contribution in [0.4, 0.5) is 0 Å². The molecule has 0 aromatic rings. The summed E-state index contributed by atoms with van der Waals surface area (Å²) in [5.41, 5.74) is 4.93. The molecule has 0 saturated heterocycles. The monoisotopic (exact) mass is 137 g/mol. The SMILES string of the molecule is [C-]#[N+]C(C(N)=O)=C(C)C=N. The predicted molar refractivity (Wildman–Crippen MR) is 37.3 cm³/mol. The van der Waals surface area contributed by atoms with Crippen LogP contribution in [-0.4, -0.2) is 12.1 Å². The second-order valence-electron chi connectivity index (χ2n) is 1.65. The maximum absolute atomic E-state index is 10.4. The minimum Gasteiger partial charge on any atom is -0.375 e. The van der Waals surface area contributed by atoms with Crippen LogP contribution >= 0.6 is 0 Å². The van der Waals surface area contributed by atoms with Gasteiger partial charge in [-0.15, -0.1) is 0 Å². The number of nitrogens with one attached hydrogen (secondary N) is 1. The molecular formula is C6H7N3O. The maximum atomic E-state index is 10.4. The number of nitrogens with zero attached hydrogens (tertiary/aromatic N) is 1. The van der Waals surface area contributed by atoms with Crippen LogP contribution in [0.2, 0.25) is 0 Å². The van der Waals surface area contributed by atoms with Crippen molar-refractivity contribution in [2.24, 2.45) is 5.73 Å². The molecule has 3 N–H and O–H groups in total. The first-order valence-corrected chi connectivity index (χ1v) is 2.52. The van der Waals surface area contributed by atoms with Gasteiger partial charge in [0.05, 0.1) is 6.57 Å². The Morgan fingerprint density at radius 2 is 2.30 bits per heavy atom. The Morgan fingerprint density at radius 1 is 1.80 bits per heavy atom. The van der Waals surface area contributed by atoms with Gasteiger partial charge in [-0.05, 0) is 12.5 Å². The summed E-state index contributed by atoms with van der Waals surface area (Å²) < 4.78 is 0. The molecular weight excluding hydrogens is 130 g/mol. The van der Waals surface area contributed by atoms with Gasteiger partial charge in [-0.2, -0.15) is 0 Å². The molecule has 0 aliphatic rings. The molecule has 0 aliphatic heterocycles. The van der Waals surface area contributed by atoms with Gasteiger partial charge in [0.1, 0.15) is 0 Å². The number of rotatable bonds is 2. The molecule has 4 heteroatoms. The molecule has 4 nitrogen and oxygen atoms in total. The number of hydrogen-bond donors (Lipinski definition) is 2. The van der Waals surface area contributed by atoms with Gasteiger partial charge in [-0.3, -0.25) is 4.79 Å². The Kier molecular flexibility index (Phi) is 2.85. The van der Waals surface area contributed by atoms with E-state index >= 15 is 0 Å². The molecule has 0 radical (unpaired) electrons. The normalized spacial score (nSPS) is 11.2. The number of primary amides is 1. The van der Waals surface area contributed by atoms with Crippen molar-refractivity contribution in [1.29, 1.82) is 5.41 Å². The van der Waals surface area contributed by atoms with Gasteiger partial charge in [0, 0.05) is 6.21 Å². The van der Waals surface area contributed by atoms with Crippen molar-refractivity contribution in [2.45, 2.75) is 6.92 Å². The highest BCUT2D eigenvalue weighted by atomic mass is 16.1. The summed E-state index contributed by atoms with van der Waals surface area (Å²) in [5, 5.41) is 6.70. The van der Waals surface area contributed by atoms with E-state index < -0.39 is 5.91 Å². The van der Waals surface area contributed by atoms with Crippen LogP contribution in [0, 0.1) is 12.0 Å². The Hall–Kier alpha value is -1.63.